The molecule has 2 aromatic rings. The van der Waals surface area contributed by atoms with E-state index < -0.39 is 0 Å². The molecule has 7 heteroatoms. The zero-order valence-electron chi connectivity index (χ0n) is 14.0. The van der Waals surface area contributed by atoms with Gasteiger partial charge in [-0.25, -0.2) is 0 Å². The zero-order chi connectivity index (χ0) is 17.8. The molecular formula is C18H20N2O5. The Morgan fingerprint density at radius 3 is 2.64 bits per heavy atom. The van der Waals surface area contributed by atoms with E-state index in [-0.39, 0.29) is 35.7 Å². The van der Waals surface area contributed by atoms with Gasteiger partial charge in [-0.05, 0) is 31.0 Å². The molecule has 7 nitrogen and oxygen atoms in total. The molecule has 0 aromatic carbocycles. The van der Waals surface area contributed by atoms with Crippen molar-refractivity contribution in [2.75, 3.05) is 20.2 Å². The number of likely N-dealkylation sites (tertiary alicyclic amines) is 1. The summed E-state index contributed by atoms with van der Waals surface area (Å²) in [4.78, 5) is 37.5. The lowest BCUT2D eigenvalue weighted by atomic mass is 9.97. The van der Waals surface area contributed by atoms with Crippen LogP contribution < -0.4 is 5.56 Å². The van der Waals surface area contributed by atoms with Crippen LogP contribution in [0.4, 0.5) is 0 Å². The Balaban J connectivity index is 1.63. The predicted molar refractivity (Wildman–Crippen MR) is 89.2 cm³/mol. The van der Waals surface area contributed by atoms with E-state index >= 15 is 0 Å². The molecule has 0 atom stereocenters. The largest absolute Gasteiger partial charge is 0.469 e. The highest BCUT2D eigenvalue weighted by Crippen LogP contribution is 2.21. The van der Waals surface area contributed by atoms with E-state index in [1.165, 1.54) is 17.7 Å². The Hall–Kier alpha value is -2.83. The SMILES string of the molecule is COC(=O)C1CCN(C(=O)c2ccc(Cn3ccccc3=O)o2)CC1. The van der Waals surface area contributed by atoms with Crippen molar-refractivity contribution in [3.63, 3.8) is 0 Å². The maximum absolute atomic E-state index is 12.5. The minimum atomic E-state index is -0.222. The lowest BCUT2D eigenvalue weighted by Crippen LogP contribution is -2.40. The van der Waals surface area contributed by atoms with Crippen molar-refractivity contribution in [1.29, 1.82) is 0 Å². The number of amides is 1. The summed E-state index contributed by atoms with van der Waals surface area (Å²) < 4.78 is 11.9. The van der Waals surface area contributed by atoms with Crippen LogP contribution in [0.3, 0.4) is 0 Å². The lowest BCUT2D eigenvalue weighted by molar-refractivity contribution is -0.146. The molecule has 0 unspecified atom stereocenters. The fraction of sp³-hybridized carbons (Fsp3) is 0.389. The fourth-order valence-corrected chi connectivity index (χ4v) is 2.98. The molecule has 0 spiro atoms. The maximum atomic E-state index is 12.5. The fourth-order valence-electron chi connectivity index (χ4n) is 2.98. The van der Waals surface area contributed by atoms with Crippen LogP contribution in [0.1, 0.15) is 29.2 Å². The first-order valence-electron chi connectivity index (χ1n) is 8.20. The van der Waals surface area contributed by atoms with Gasteiger partial charge in [-0.2, -0.15) is 0 Å². The number of piperidine rings is 1. The second-order valence-electron chi connectivity index (χ2n) is 6.02. The van der Waals surface area contributed by atoms with Crippen molar-refractivity contribution >= 4 is 11.9 Å². The summed E-state index contributed by atoms with van der Waals surface area (Å²) in [5.74, 6) is 0.221. The number of esters is 1. The van der Waals surface area contributed by atoms with Gasteiger partial charge in [-0.1, -0.05) is 6.07 Å². The number of ether oxygens (including phenoxy) is 1. The van der Waals surface area contributed by atoms with E-state index in [1.54, 1.807) is 35.4 Å². The number of nitrogens with zero attached hydrogens (tertiary/aromatic N) is 2. The minimum absolute atomic E-state index is 0.128. The van der Waals surface area contributed by atoms with Gasteiger partial charge >= 0.3 is 5.97 Å². The molecule has 0 N–H and O–H groups in total. The zero-order valence-corrected chi connectivity index (χ0v) is 14.0. The smallest absolute Gasteiger partial charge is 0.308 e. The van der Waals surface area contributed by atoms with Crippen LogP contribution >= 0.6 is 0 Å². The molecule has 3 rings (SSSR count). The normalized spacial score (nSPS) is 15.2. The van der Waals surface area contributed by atoms with Gasteiger partial charge in [-0.15, -0.1) is 0 Å². The molecule has 2 aromatic heterocycles. The molecule has 1 saturated heterocycles. The van der Waals surface area contributed by atoms with Crippen molar-refractivity contribution in [3.8, 4) is 0 Å². The number of aromatic nitrogens is 1. The van der Waals surface area contributed by atoms with Gasteiger partial charge < -0.3 is 18.6 Å². The molecule has 0 aliphatic carbocycles. The highest BCUT2D eigenvalue weighted by molar-refractivity contribution is 5.91. The van der Waals surface area contributed by atoms with Crippen LogP contribution in [0.2, 0.25) is 0 Å². The second-order valence-corrected chi connectivity index (χ2v) is 6.02. The highest BCUT2D eigenvalue weighted by atomic mass is 16.5. The van der Waals surface area contributed by atoms with Crippen LogP contribution in [-0.4, -0.2) is 41.5 Å². The third-order valence-electron chi connectivity index (χ3n) is 4.41. The summed E-state index contributed by atoms with van der Waals surface area (Å²) >= 11 is 0. The van der Waals surface area contributed by atoms with Crippen LogP contribution in [0, 0.1) is 5.92 Å². The van der Waals surface area contributed by atoms with Crippen LogP contribution in [0.25, 0.3) is 0 Å². The number of carbonyl (C=O) groups is 2. The highest BCUT2D eigenvalue weighted by Gasteiger charge is 2.29. The summed E-state index contributed by atoms with van der Waals surface area (Å²) in [5, 5.41) is 0. The Bertz CT molecular complexity index is 815. The number of hydrogen-bond donors (Lipinski definition) is 0. The molecule has 1 aliphatic rings. The summed E-state index contributed by atoms with van der Waals surface area (Å²) in [7, 11) is 1.38. The Kier molecular flexibility index (Phi) is 5.02. The summed E-state index contributed by atoms with van der Waals surface area (Å²) in [6.45, 7) is 1.26. The Morgan fingerprint density at radius 2 is 1.96 bits per heavy atom. The number of methoxy groups -OCH3 is 1. The van der Waals surface area contributed by atoms with E-state index in [9.17, 15) is 14.4 Å². The molecule has 0 saturated carbocycles. The predicted octanol–water partition coefficient (Wildman–Crippen LogP) is 1.51. The first-order valence-corrected chi connectivity index (χ1v) is 8.20. The van der Waals surface area contributed by atoms with Crippen LogP contribution in [0.5, 0.6) is 0 Å². The number of carbonyl (C=O) groups excluding carboxylic acids is 2. The van der Waals surface area contributed by atoms with Gasteiger partial charge in [0.25, 0.3) is 11.5 Å². The summed E-state index contributed by atoms with van der Waals surface area (Å²) in [5.41, 5.74) is -0.128. The quantitative estimate of drug-likeness (QED) is 0.786. The monoisotopic (exact) mass is 344 g/mol. The second kappa shape index (κ2) is 7.38. The Morgan fingerprint density at radius 1 is 1.20 bits per heavy atom. The first-order chi connectivity index (χ1) is 12.1. The van der Waals surface area contributed by atoms with E-state index in [0.29, 0.717) is 31.7 Å². The number of pyridine rings is 1. The Labute approximate surface area is 144 Å². The molecule has 0 bridgehead atoms. The standard InChI is InChI=1S/C18H20N2O5/c1-24-18(23)13-7-10-19(11-8-13)17(22)15-6-5-14(25-15)12-20-9-3-2-4-16(20)21/h2-6,9,13H,7-8,10-12H2,1H3. The van der Waals surface area contributed by atoms with Crippen molar-refractivity contribution < 1.29 is 18.7 Å². The van der Waals surface area contributed by atoms with E-state index in [4.69, 9.17) is 9.15 Å². The molecule has 25 heavy (non-hydrogen) atoms. The van der Waals surface area contributed by atoms with Gasteiger partial charge in [-0.3, -0.25) is 14.4 Å². The molecule has 1 fully saturated rings. The topological polar surface area (TPSA) is 81.8 Å². The molecule has 1 aliphatic heterocycles. The lowest BCUT2D eigenvalue weighted by Gasteiger charge is -2.30. The van der Waals surface area contributed by atoms with Gasteiger partial charge in [0.1, 0.15) is 5.76 Å². The summed E-state index contributed by atoms with van der Waals surface area (Å²) in [6, 6.07) is 8.24. The third kappa shape index (κ3) is 3.81. The van der Waals surface area contributed by atoms with Gasteiger partial charge in [0.05, 0.1) is 19.6 Å². The van der Waals surface area contributed by atoms with Crippen molar-refractivity contribution in [2.45, 2.75) is 19.4 Å². The van der Waals surface area contributed by atoms with Crippen molar-refractivity contribution in [2.24, 2.45) is 5.92 Å². The van der Waals surface area contributed by atoms with Gasteiger partial charge in [0.2, 0.25) is 0 Å². The third-order valence-corrected chi connectivity index (χ3v) is 4.41. The molecule has 132 valence electrons. The minimum Gasteiger partial charge on any atom is -0.469 e. The molecule has 0 radical (unpaired) electrons. The molecular weight excluding hydrogens is 324 g/mol. The number of hydrogen-bond acceptors (Lipinski definition) is 5. The molecule has 3 heterocycles. The number of rotatable bonds is 4. The van der Waals surface area contributed by atoms with E-state index in [1.807, 2.05) is 0 Å². The molecule has 1 amide bonds. The van der Waals surface area contributed by atoms with Gasteiger partial charge in [0, 0.05) is 25.4 Å². The summed E-state index contributed by atoms with van der Waals surface area (Å²) in [6.07, 6.45) is 2.85. The first kappa shape index (κ1) is 17.0. The van der Waals surface area contributed by atoms with Gasteiger partial charge in [0.15, 0.2) is 5.76 Å². The maximum Gasteiger partial charge on any atom is 0.308 e. The van der Waals surface area contributed by atoms with Crippen LogP contribution in [-0.2, 0) is 16.1 Å². The van der Waals surface area contributed by atoms with E-state index in [0.717, 1.165) is 0 Å². The average molecular weight is 344 g/mol. The number of furan rings is 1. The van der Waals surface area contributed by atoms with Crippen molar-refractivity contribution in [3.05, 3.63) is 58.4 Å². The van der Waals surface area contributed by atoms with Crippen LogP contribution in [0.15, 0.2) is 45.7 Å². The average Bonchev–Trinajstić information content (AvgIpc) is 3.11. The van der Waals surface area contributed by atoms with Crippen molar-refractivity contribution in [1.82, 2.24) is 9.47 Å². The van der Waals surface area contributed by atoms with E-state index in [2.05, 4.69) is 0 Å².